The zero-order valence-electron chi connectivity index (χ0n) is 15.4. The van der Waals surface area contributed by atoms with Gasteiger partial charge in [0.25, 0.3) is 5.91 Å². The summed E-state index contributed by atoms with van der Waals surface area (Å²) >= 11 is 0. The highest BCUT2D eigenvalue weighted by Gasteiger charge is 2.25. The number of anilines is 1. The fourth-order valence-electron chi connectivity index (χ4n) is 3.98. The first-order valence-corrected chi connectivity index (χ1v) is 9.45. The lowest BCUT2D eigenvalue weighted by Crippen LogP contribution is -3.13. The Morgan fingerprint density at radius 2 is 2.08 bits per heavy atom. The van der Waals surface area contributed by atoms with Crippen molar-refractivity contribution < 1.29 is 14.4 Å². The van der Waals surface area contributed by atoms with Crippen molar-refractivity contribution in [3.63, 3.8) is 0 Å². The summed E-state index contributed by atoms with van der Waals surface area (Å²) < 4.78 is 7.82. The van der Waals surface area contributed by atoms with Crippen molar-refractivity contribution in [3.8, 4) is 6.07 Å². The summed E-state index contributed by atoms with van der Waals surface area (Å²) in [5.74, 6) is 0.647. The normalized spacial score (nSPS) is 21.2. The van der Waals surface area contributed by atoms with Gasteiger partial charge < -0.3 is 19.5 Å². The number of nitrogens with zero attached hydrogens (tertiary/aromatic N) is 2. The van der Waals surface area contributed by atoms with Crippen LogP contribution in [-0.4, -0.2) is 42.8 Å². The van der Waals surface area contributed by atoms with E-state index in [1.165, 1.54) is 24.2 Å². The smallest absolute Gasteiger partial charge is 0.280 e. The predicted octanol–water partition coefficient (Wildman–Crippen LogP) is 1.16. The van der Waals surface area contributed by atoms with Gasteiger partial charge in [-0.1, -0.05) is 0 Å². The number of amides is 1. The summed E-state index contributed by atoms with van der Waals surface area (Å²) in [6.07, 6.45) is 5.94. The molecule has 2 fully saturated rings. The number of hydrogen-bond acceptors (Lipinski definition) is 3. The molecule has 6 heteroatoms. The number of carbonyl (C=O) groups is 1. The van der Waals surface area contributed by atoms with Crippen LogP contribution in [0.25, 0.3) is 0 Å². The van der Waals surface area contributed by atoms with Crippen molar-refractivity contribution in [1.82, 2.24) is 4.57 Å². The molecule has 0 aromatic carbocycles. The van der Waals surface area contributed by atoms with Gasteiger partial charge in [-0.05, 0) is 51.5 Å². The van der Waals surface area contributed by atoms with E-state index in [1.54, 1.807) is 0 Å². The summed E-state index contributed by atoms with van der Waals surface area (Å²) in [6.45, 7) is 8.06. The summed E-state index contributed by atoms with van der Waals surface area (Å²) in [7, 11) is 0. The summed E-state index contributed by atoms with van der Waals surface area (Å²) in [6, 6.07) is 2.28. The largest absolute Gasteiger partial charge is 0.376 e. The maximum absolute atomic E-state index is 12.6. The third-order valence-electron chi connectivity index (χ3n) is 5.58. The molecular formula is C19H29N4O2+. The highest BCUT2D eigenvalue weighted by molar-refractivity contribution is 5.92. The molecule has 0 aliphatic carbocycles. The van der Waals surface area contributed by atoms with E-state index >= 15 is 0 Å². The van der Waals surface area contributed by atoms with Crippen LogP contribution in [0, 0.1) is 25.2 Å². The fourth-order valence-corrected chi connectivity index (χ4v) is 3.98. The van der Waals surface area contributed by atoms with Crippen molar-refractivity contribution >= 4 is 11.7 Å². The second kappa shape index (κ2) is 8.03. The Bertz CT molecular complexity index is 662. The molecule has 0 spiro atoms. The van der Waals surface area contributed by atoms with E-state index in [1.807, 2.05) is 13.8 Å². The Labute approximate surface area is 149 Å². The Morgan fingerprint density at radius 3 is 2.72 bits per heavy atom. The SMILES string of the molecule is Cc1c(C#N)c(NC(=O)C[NH+]2CCCCC2)n(C[C@H]2CCCO2)c1C. The van der Waals surface area contributed by atoms with Gasteiger partial charge in [0, 0.05) is 12.3 Å². The quantitative estimate of drug-likeness (QED) is 0.841. The number of quaternary nitrogens is 1. The molecule has 2 aliphatic rings. The van der Waals surface area contributed by atoms with Crippen LogP contribution in [0.15, 0.2) is 0 Å². The number of aromatic nitrogens is 1. The number of likely N-dealkylation sites (tertiary alicyclic amines) is 1. The third kappa shape index (κ3) is 4.05. The molecule has 2 aliphatic heterocycles. The highest BCUT2D eigenvalue weighted by atomic mass is 16.5. The number of nitrogens with one attached hydrogen (secondary N) is 2. The number of piperidine rings is 1. The first-order valence-electron chi connectivity index (χ1n) is 9.45. The van der Waals surface area contributed by atoms with Crippen LogP contribution in [0.2, 0.25) is 0 Å². The van der Waals surface area contributed by atoms with Crippen molar-refractivity contribution in [3.05, 3.63) is 16.8 Å². The van der Waals surface area contributed by atoms with Crippen LogP contribution in [0.5, 0.6) is 0 Å². The number of carbonyl (C=O) groups excluding carboxylic acids is 1. The monoisotopic (exact) mass is 345 g/mol. The standard InChI is InChI=1S/C19H28N4O2/c1-14-15(2)23(12-16-7-6-10-25-16)19(17(14)11-20)21-18(24)13-22-8-4-3-5-9-22/h16H,3-10,12-13H2,1-2H3,(H,21,24)/p+1/t16-/m1/s1. The lowest BCUT2D eigenvalue weighted by Gasteiger charge is -2.23. The van der Waals surface area contributed by atoms with Crippen molar-refractivity contribution in [2.45, 2.75) is 58.6 Å². The van der Waals surface area contributed by atoms with E-state index in [9.17, 15) is 10.1 Å². The summed E-state index contributed by atoms with van der Waals surface area (Å²) in [5.41, 5.74) is 2.56. The van der Waals surface area contributed by atoms with E-state index in [4.69, 9.17) is 4.74 Å². The minimum Gasteiger partial charge on any atom is -0.376 e. The molecule has 0 bridgehead atoms. The van der Waals surface area contributed by atoms with Crippen LogP contribution in [-0.2, 0) is 16.1 Å². The molecule has 1 aromatic heterocycles. The zero-order valence-corrected chi connectivity index (χ0v) is 15.4. The first-order chi connectivity index (χ1) is 12.1. The third-order valence-corrected chi connectivity index (χ3v) is 5.58. The number of ether oxygens (including phenoxy) is 1. The minimum absolute atomic E-state index is 0.000472. The highest BCUT2D eigenvalue weighted by Crippen LogP contribution is 2.28. The molecule has 2 saturated heterocycles. The van der Waals surface area contributed by atoms with E-state index in [0.717, 1.165) is 43.8 Å². The van der Waals surface area contributed by atoms with Gasteiger partial charge in [-0.3, -0.25) is 4.79 Å². The van der Waals surface area contributed by atoms with Crippen molar-refractivity contribution in [1.29, 1.82) is 5.26 Å². The lowest BCUT2D eigenvalue weighted by atomic mass is 10.1. The second-order valence-electron chi connectivity index (χ2n) is 7.33. The summed E-state index contributed by atoms with van der Waals surface area (Å²) in [5, 5.41) is 12.6. The molecule has 6 nitrogen and oxygen atoms in total. The van der Waals surface area contributed by atoms with Crippen LogP contribution < -0.4 is 10.2 Å². The van der Waals surface area contributed by atoms with E-state index in [-0.39, 0.29) is 12.0 Å². The molecule has 0 radical (unpaired) electrons. The number of nitriles is 1. The molecule has 0 saturated carbocycles. The topological polar surface area (TPSA) is 71.5 Å². The van der Waals surface area contributed by atoms with Crippen LogP contribution in [0.3, 0.4) is 0 Å². The van der Waals surface area contributed by atoms with Gasteiger partial charge in [0.15, 0.2) is 6.54 Å². The predicted molar refractivity (Wildman–Crippen MR) is 95.6 cm³/mol. The Hall–Kier alpha value is -1.84. The lowest BCUT2D eigenvalue weighted by molar-refractivity contribution is -0.896. The Morgan fingerprint density at radius 1 is 1.32 bits per heavy atom. The first kappa shape index (κ1) is 18.0. The van der Waals surface area contributed by atoms with Gasteiger partial charge >= 0.3 is 0 Å². The fraction of sp³-hybridized carbons (Fsp3) is 0.684. The van der Waals surface area contributed by atoms with E-state index < -0.39 is 0 Å². The molecule has 1 aromatic rings. The maximum atomic E-state index is 12.6. The van der Waals surface area contributed by atoms with E-state index in [2.05, 4.69) is 16.0 Å². The summed E-state index contributed by atoms with van der Waals surface area (Å²) in [4.78, 5) is 13.9. The van der Waals surface area contributed by atoms with Crippen molar-refractivity contribution in [2.24, 2.45) is 0 Å². The van der Waals surface area contributed by atoms with Gasteiger partial charge in [-0.2, -0.15) is 5.26 Å². The van der Waals surface area contributed by atoms with Gasteiger partial charge in [-0.25, -0.2) is 0 Å². The second-order valence-corrected chi connectivity index (χ2v) is 7.33. The molecule has 3 rings (SSSR count). The van der Waals surface area contributed by atoms with Crippen LogP contribution in [0.4, 0.5) is 5.82 Å². The maximum Gasteiger partial charge on any atom is 0.280 e. The Balaban J connectivity index is 1.76. The minimum atomic E-state index is -0.000472. The van der Waals surface area contributed by atoms with Crippen LogP contribution >= 0.6 is 0 Å². The molecule has 0 unspecified atom stereocenters. The molecule has 2 N–H and O–H groups in total. The molecule has 136 valence electrons. The van der Waals surface area contributed by atoms with E-state index in [0.29, 0.717) is 24.5 Å². The Kier molecular flexibility index (Phi) is 5.77. The average molecular weight is 345 g/mol. The van der Waals surface area contributed by atoms with Gasteiger partial charge in [0.2, 0.25) is 0 Å². The van der Waals surface area contributed by atoms with Gasteiger partial charge in [0.05, 0.1) is 31.3 Å². The van der Waals surface area contributed by atoms with Crippen LogP contribution in [0.1, 0.15) is 48.9 Å². The molecule has 1 amide bonds. The number of hydrogen-bond donors (Lipinski definition) is 2. The van der Waals surface area contributed by atoms with Gasteiger partial charge in [0.1, 0.15) is 11.9 Å². The molecular weight excluding hydrogens is 316 g/mol. The molecule has 3 heterocycles. The molecule has 25 heavy (non-hydrogen) atoms. The van der Waals surface area contributed by atoms with Gasteiger partial charge in [-0.15, -0.1) is 0 Å². The average Bonchev–Trinajstić information content (AvgIpc) is 3.19. The van der Waals surface area contributed by atoms with Crippen molar-refractivity contribution in [2.75, 3.05) is 31.6 Å². The molecule has 1 atom stereocenters. The zero-order chi connectivity index (χ0) is 17.8. The number of rotatable bonds is 5.